The van der Waals surface area contributed by atoms with Crippen molar-refractivity contribution in [1.29, 1.82) is 0 Å². The van der Waals surface area contributed by atoms with Crippen molar-refractivity contribution in [1.82, 2.24) is 9.80 Å². The molecule has 0 amide bonds. The molecule has 26 heavy (non-hydrogen) atoms. The van der Waals surface area contributed by atoms with Crippen LogP contribution < -0.4 is 11.1 Å². The zero-order chi connectivity index (χ0) is 18.4. The average Bonchev–Trinajstić information content (AvgIpc) is 2.68. The first-order valence-electron chi connectivity index (χ1n) is 9.27. The van der Waals surface area contributed by atoms with Crippen molar-refractivity contribution in [2.75, 3.05) is 57.4 Å². The van der Waals surface area contributed by atoms with E-state index < -0.39 is 0 Å². The highest BCUT2D eigenvalue weighted by Crippen LogP contribution is 2.22. The van der Waals surface area contributed by atoms with Gasteiger partial charge in [-0.3, -0.25) is 4.79 Å². The van der Waals surface area contributed by atoms with Crippen LogP contribution in [0.5, 0.6) is 0 Å². The number of nitrogen functional groups attached to an aromatic ring is 1. The molecular formula is C21H28N4O. The van der Waals surface area contributed by atoms with Crippen molar-refractivity contribution in [3.8, 4) is 0 Å². The average molecular weight is 352 g/mol. The fraction of sp³-hybridized carbons (Fsp3) is 0.381. The minimum Gasteiger partial charge on any atom is -0.397 e. The fourth-order valence-corrected chi connectivity index (χ4v) is 3.20. The Bertz CT molecular complexity index is 724. The second-order valence-corrected chi connectivity index (χ2v) is 6.92. The number of hydrogen-bond donors (Lipinski definition) is 2. The molecule has 5 heteroatoms. The molecular weight excluding hydrogens is 324 g/mol. The van der Waals surface area contributed by atoms with E-state index in [-0.39, 0.29) is 5.78 Å². The van der Waals surface area contributed by atoms with Crippen LogP contribution in [0.4, 0.5) is 11.4 Å². The summed E-state index contributed by atoms with van der Waals surface area (Å²) in [5, 5.41) is 3.39. The second kappa shape index (κ2) is 8.83. The number of nitrogens with two attached hydrogens (primary N) is 1. The number of likely N-dealkylation sites (N-methyl/N-ethyl adjacent to an activating group) is 1. The van der Waals surface area contributed by atoms with E-state index in [4.69, 9.17) is 5.73 Å². The number of hydrogen-bond acceptors (Lipinski definition) is 5. The van der Waals surface area contributed by atoms with E-state index in [1.165, 1.54) is 0 Å². The van der Waals surface area contributed by atoms with Crippen LogP contribution in [-0.2, 0) is 0 Å². The van der Waals surface area contributed by atoms with Gasteiger partial charge < -0.3 is 20.9 Å². The third-order valence-corrected chi connectivity index (χ3v) is 4.91. The van der Waals surface area contributed by atoms with Gasteiger partial charge in [0.25, 0.3) is 0 Å². The van der Waals surface area contributed by atoms with Gasteiger partial charge in [0, 0.05) is 43.9 Å². The smallest absolute Gasteiger partial charge is 0.193 e. The van der Waals surface area contributed by atoms with Crippen LogP contribution in [0, 0.1) is 0 Å². The van der Waals surface area contributed by atoms with Crippen LogP contribution in [0.2, 0.25) is 0 Å². The van der Waals surface area contributed by atoms with Gasteiger partial charge in [-0.2, -0.15) is 0 Å². The molecule has 1 fully saturated rings. The van der Waals surface area contributed by atoms with Gasteiger partial charge in [-0.25, -0.2) is 0 Å². The third-order valence-electron chi connectivity index (χ3n) is 4.91. The third kappa shape index (κ3) is 4.84. The van der Waals surface area contributed by atoms with Crippen molar-refractivity contribution >= 4 is 17.2 Å². The maximum Gasteiger partial charge on any atom is 0.193 e. The monoisotopic (exact) mass is 352 g/mol. The van der Waals surface area contributed by atoms with Gasteiger partial charge in [-0.05, 0) is 38.2 Å². The Balaban J connectivity index is 1.54. The fourth-order valence-electron chi connectivity index (χ4n) is 3.20. The lowest BCUT2D eigenvalue weighted by atomic mass is 10.0. The summed E-state index contributed by atoms with van der Waals surface area (Å²) in [6.45, 7) is 6.50. The van der Waals surface area contributed by atoms with E-state index in [1.54, 1.807) is 12.1 Å². The molecule has 1 aliphatic rings. The lowest BCUT2D eigenvalue weighted by molar-refractivity contribution is 0.103. The van der Waals surface area contributed by atoms with Crippen molar-refractivity contribution < 1.29 is 4.79 Å². The van der Waals surface area contributed by atoms with E-state index in [0.717, 1.165) is 51.4 Å². The Morgan fingerprint density at radius 2 is 1.77 bits per heavy atom. The Morgan fingerprint density at radius 1 is 1.04 bits per heavy atom. The van der Waals surface area contributed by atoms with Gasteiger partial charge in [0.2, 0.25) is 0 Å². The Hall–Kier alpha value is -2.37. The highest BCUT2D eigenvalue weighted by molar-refractivity contribution is 6.09. The summed E-state index contributed by atoms with van der Waals surface area (Å²) in [5.41, 5.74) is 8.94. The minimum atomic E-state index is 0.0195. The summed E-state index contributed by atoms with van der Waals surface area (Å²) in [6, 6.07) is 14.8. The molecule has 5 nitrogen and oxygen atoms in total. The number of nitrogens with zero attached hydrogens (tertiary/aromatic N) is 2. The van der Waals surface area contributed by atoms with Crippen molar-refractivity contribution in [3.05, 3.63) is 59.7 Å². The molecule has 1 saturated heterocycles. The molecule has 3 N–H and O–H groups in total. The van der Waals surface area contributed by atoms with E-state index in [1.807, 2.05) is 36.4 Å². The second-order valence-electron chi connectivity index (χ2n) is 6.92. The van der Waals surface area contributed by atoms with E-state index in [2.05, 4.69) is 22.2 Å². The number of carbonyl (C=O) groups is 1. The number of piperazine rings is 1. The van der Waals surface area contributed by atoms with Gasteiger partial charge in [-0.1, -0.05) is 30.3 Å². The Kier molecular flexibility index (Phi) is 6.26. The largest absolute Gasteiger partial charge is 0.397 e. The van der Waals surface area contributed by atoms with Crippen LogP contribution in [0.3, 0.4) is 0 Å². The molecule has 3 rings (SSSR count). The van der Waals surface area contributed by atoms with Crippen molar-refractivity contribution in [2.45, 2.75) is 6.42 Å². The summed E-state index contributed by atoms with van der Waals surface area (Å²) in [6.07, 6.45) is 1.06. The number of carbonyl (C=O) groups excluding carboxylic acids is 1. The normalized spacial score (nSPS) is 15.7. The predicted molar refractivity (Wildman–Crippen MR) is 108 cm³/mol. The maximum atomic E-state index is 12.6. The molecule has 0 aliphatic carbocycles. The van der Waals surface area contributed by atoms with Crippen LogP contribution in [0.15, 0.2) is 48.5 Å². The highest BCUT2D eigenvalue weighted by atomic mass is 16.1. The number of benzene rings is 2. The zero-order valence-electron chi connectivity index (χ0n) is 15.4. The molecule has 0 aromatic heterocycles. The lowest BCUT2D eigenvalue weighted by Gasteiger charge is -2.32. The summed E-state index contributed by atoms with van der Waals surface area (Å²) in [7, 11) is 2.17. The van der Waals surface area contributed by atoms with Gasteiger partial charge in [-0.15, -0.1) is 0 Å². The first-order valence-corrected chi connectivity index (χ1v) is 9.27. The number of nitrogens with one attached hydrogen (secondary N) is 1. The molecule has 0 radical (unpaired) electrons. The predicted octanol–water partition coefficient (Wildman–Crippen LogP) is 2.55. The van der Waals surface area contributed by atoms with E-state index in [0.29, 0.717) is 16.8 Å². The molecule has 1 aliphatic heterocycles. The molecule has 138 valence electrons. The van der Waals surface area contributed by atoms with Crippen LogP contribution in [-0.4, -0.2) is 61.9 Å². The van der Waals surface area contributed by atoms with Gasteiger partial charge in [0.05, 0.1) is 11.4 Å². The first kappa shape index (κ1) is 18.4. The number of rotatable bonds is 7. The maximum absolute atomic E-state index is 12.6. The minimum absolute atomic E-state index is 0.0195. The Morgan fingerprint density at radius 3 is 2.50 bits per heavy atom. The SMILES string of the molecule is CN1CCN(CCCNc2cc(C(=O)c3ccccc3)ccc2N)CC1. The molecule has 2 aromatic rings. The standard InChI is InChI=1S/C21H28N4O/c1-24-12-14-25(15-13-24)11-5-10-23-20-16-18(8-9-19(20)22)21(26)17-6-3-2-4-7-17/h2-4,6-9,16,23H,5,10-15,22H2,1H3. The molecule has 0 saturated carbocycles. The lowest BCUT2D eigenvalue weighted by Crippen LogP contribution is -2.44. The molecule has 0 spiro atoms. The molecule has 2 aromatic carbocycles. The summed E-state index contributed by atoms with van der Waals surface area (Å²) < 4.78 is 0. The van der Waals surface area contributed by atoms with E-state index in [9.17, 15) is 4.79 Å². The van der Waals surface area contributed by atoms with Gasteiger partial charge in [0.1, 0.15) is 0 Å². The summed E-state index contributed by atoms with van der Waals surface area (Å²) >= 11 is 0. The number of anilines is 2. The summed E-state index contributed by atoms with van der Waals surface area (Å²) in [4.78, 5) is 17.5. The van der Waals surface area contributed by atoms with E-state index >= 15 is 0 Å². The van der Waals surface area contributed by atoms with Crippen LogP contribution in [0.1, 0.15) is 22.3 Å². The number of ketones is 1. The zero-order valence-corrected chi connectivity index (χ0v) is 15.4. The molecule has 0 unspecified atom stereocenters. The first-order chi connectivity index (χ1) is 12.6. The van der Waals surface area contributed by atoms with Gasteiger partial charge in [0.15, 0.2) is 5.78 Å². The summed E-state index contributed by atoms with van der Waals surface area (Å²) in [5.74, 6) is 0.0195. The topological polar surface area (TPSA) is 61.6 Å². The molecule has 1 heterocycles. The van der Waals surface area contributed by atoms with Gasteiger partial charge >= 0.3 is 0 Å². The quantitative estimate of drug-likeness (QED) is 0.456. The molecule has 0 atom stereocenters. The van der Waals surface area contributed by atoms with Crippen molar-refractivity contribution in [2.24, 2.45) is 0 Å². The highest BCUT2D eigenvalue weighted by Gasteiger charge is 2.13. The Labute approximate surface area is 155 Å². The molecule has 0 bridgehead atoms. The van der Waals surface area contributed by atoms with Crippen LogP contribution >= 0.6 is 0 Å². The van der Waals surface area contributed by atoms with Crippen molar-refractivity contribution in [3.63, 3.8) is 0 Å². The van der Waals surface area contributed by atoms with Crippen LogP contribution in [0.25, 0.3) is 0 Å².